The number of hydrogen-bond acceptors (Lipinski definition) is 2. The molecule has 1 aromatic carbocycles. The lowest BCUT2D eigenvalue weighted by molar-refractivity contribution is 0.340. The van der Waals surface area contributed by atoms with Crippen molar-refractivity contribution in [1.29, 1.82) is 0 Å². The molecule has 0 spiro atoms. The lowest BCUT2D eigenvalue weighted by atomic mass is 10.2. The molecule has 0 heterocycles. The largest absolute Gasteiger partial charge is 0.494 e. The molecule has 0 aliphatic heterocycles. The molecule has 2 unspecified atom stereocenters. The summed E-state index contributed by atoms with van der Waals surface area (Å²) in [5.41, 5.74) is 1.19. The van der Waals surface area contributed by atoms with Gasteiger partial charge in [-0.3, -0.25) is 4.99 Å². The topological polar surface area (TPSA) is 45.6 Å². The fourth-order valence-electron chi connectivity index (χ4n) is 1.99. The molecule has 4 heteroatoms. The lowest BCUT2D eigenvalue weighted by Gasteiger charge is -2.12. The summed E-state index contributed by atoms with van der Waals surface area (Å²) < 4.78 is 5.49. The number of ether oxygens (including phenoxy) is 1. The van der Waals surface area contributed by atoms with E-state index in [9.17, 15) is 0 Å². The van der Waals surface area contributed by atoms with Gasteiger partial charge in [-0.05, 0) is 37.0 Å². The van der Waals surface area contributed by atoms with Crippen LogP contribution in [0.2, 0.25) is 0 Å². The summed E-state index contributed by atoms with van der Waals surface area (Å²) in [6.07, 6.45) is 1.24. The fourth-order valence-corrected chi connectivity index (χ4v) is 1.99. The van der Waals surface area contributed by atoms with Crippen LogP contribution in [0.25, 0.3) is 0 Å². The first-order valence-corrected chi connectivity index (χ1v) is 6.92. The Morgan fingerprint density at radius 1 is 1.47 bits per heavy atom. The number of hydrogen-bond donors (Lipinski definition) is 2. The number of aliphatic imine (C=N–C) groups is 1. The van der Waals surface area contributed by atoms with Crippen LogP contribution in [-0.4, -0.2) is 25.7 Å². The lowest BCUT2D eigenvalue weighted by Crippen LogP contribution is -2.38. The van der Waals surface area contributed by atoms with Gasteiger partial charge < -0.3 is 15.4 Å². The molecular weight excluding hydrogens is 238 g/mol. The summed E-state index contributed by atoms with van der Waals surface area (Å²) >= 11 is 0. The van der Waals surface area contributed by atoms with E-state index in [1.54, 1.807) is 7.05 Å². The molecular formula is C15H23N3O. The maximum Gasteiger partial charge on any atom is 0.191 e. The van der Waals surface area contributed by atoms with Crippen molar-refractivity contribution in [3.63, 3.8) is 0 Å². The highest BCUT2D eigenvalue weighted by Crippen LogP contribution is 2.28. The Bertz CT molecular complexity index is 445. The van der Waals surface area contributed by atoms with Crippen LogP contribution in [0.1, 0.15) is 25.8 Å². The third-order valence-electron chi connectivity index (χ3n) is 3.32. The number of nitrogens with one attached hydrogen (secondary N) is 2. The van der Waals surface area contributed by atoms with Gasteiger partial charge in [-0.15, -0.1) is 0 Å². The van der Waals surface area contributed by atoms with E-state index in [0.29, 0.717) is 12.6 Å². The van der Waals surface area contributed by atoms with Gasteiger partial charge in [0.05, 0.1) is 6.61 Å². The average Bonchev–Trinajstić information content (AvgIpc) is 3.11. The van der Waals surface area contributed by atoms with Gasteiger partial charge in [-0.1, -0.05) is 19.1 Å². The highest BCUT2D eigenvalue weighted by Gasteiger charge is 2.33. The van der Waals surface area contributed by atoms with E-state index in [1.807, 2.05) is 19.1 Å². The van der Waals surface area contributed by atoms with Crippen molar-refractivity contribution in [3.8, 4) is 5.75 Å². The second-order valence-corrected chi connectivity index (χ2v) is 4.97. The second kappa shape index (κ2) is 6.45. The highest BCUT2D eigenvalue weighted by molar-refractivity contribution is 5.80. The Hall–Kier alpha value is -1.71. The van der Waals surface area contributed by atoms with Crippen molar-refractivity contribution in [2.24, 2.45) is 10.9 Å². The molecule has 0 saturated heterocycles. The molecule has 1 aliphatic rings. The minimum atomic E-state index is 0.584. The van der Waals surface area contributed by atoms with E-state index < -0.39 is 0 Å². The van der Waals surface area contributed by atoms with Gasteiger partial charge in [0.15, 0.2) is 5.96 Å². The zero-order valence-electron chi connectivity index (χ0n) is 11.9. The van der Waals surface area contributed by atoms with Crippen molar-refractivity contribution < 1.29 is 4.74 Å². The summed E-state index contributed by atoms with van der Waals surface area (Å²) in [6.45, 7) is 5.69. The maximum atomic E-state index is 5.49. The summed E-state index contributed by atoms with van der Waals surface area (Å²) in [7, 11) is 1.80. The normalized spacial score (nSPS) is 21.9. The minimum Gasteiger partial charge on any atom is -0.494 e. The molecule has 0 amide bonds. The van der Waals surface area contributed by atoms with Gasteiger partial charge in [0.1, 0.15) is 5.75 Å². The van der Waals surface area contributed by atoms with E-state index in [-0.39, 0.29) is 0 Å². The zero-order valence-corrected chi connectivity index (χ0v) is 11.9. The second-order valence-electron chi connectivity index (χ2n) is 4.97. The van der Waals surface area contributed by atoms with Gasteiger partial charge in [0.25, 0.3) is 0 Å². The molecule has 2 rings (SSSR count). The van der Waals surface area contributed by atoms with Crippen LogP contribution in [0.5, 0.6) is 5.75 Å². The van der Waals surface area contributed by atoms with Crippen LogP contribution in [0.3, 0.4) is 0 Å². The number of guanidine groups is 1. The van der Waals surface area contributed by atoms with E-state index in [2.05, 4.69) is 34.7 Å². The molecule has 0 radical (unpaired) electrons. The molecule has 1 saturated carbocycles. The zero-order chi connectivity index (χ0) is 13.7. The van der Waals surface area contributed by atoms with Crippen molar-refractivity contribution in [2.45, 2.75) is 32.9 Å². The van der Waals surface area contributed by atoms with Crippen molar-refractivity contribution in [2.75, 3.05) is 13.7 Å². The first-order chi connectivity index (χ1) is 9.22. The molecule has 2 atom stereocenters. The molecule has 4 nitrogen and oxygen atoms in total. The van der Waals surface area contributed by atoms with Gasteiger partial charge in [0.2, 0.25) is 0 Å². The molecule has 1 aliphatic carbocycles. The van der Waals surface area contributed by atoms with Gasteiger partial charge >= 0.3 is 0 Å². The Kier molecular flexibility index (Phi) is 4.66. The quantitative estimate of drug-likeness (QED) is 0.630. The van der Waals surface area contributed by atoms with Gasteiger partial charge in [-0.2, -0.15) is 0 Å². The summed E-state index contributed by atoms with van der Waals surface area (Å²) in [6, 6.07) is 8.72. The van der Waals surface area contributed by atoms with E-state index in [0.717, 1.165) is 24.2 Å². The predicted octanol–water partition coefficient (Wildman–Crippen LogP) is 2.16. The van der Waals surface area contributed by atoms with Crippen molar-refractivity contribution >= 4 is 5.96 Å². The van der Waals surface area contributed by atoms with Crippen LogP contribution < -0.4 is 15.4 Å². The fraction of sp³-hybridized carbons (Fsp3) is 0.533. The van der Waals surface area contributed by atoms with Crippen LogP contribution in [-0.2, 0) is 6.54 Å². The average molecular weight is 261 g/mol. The van der Waals surface area contributed by atoms with Gasteiger partial charge in [-0.25, -0.2) is 0 Å². The molecule has 2 N–H and O–H groups in total. The van der Waals surface area contributed by atoms with Crippen LogP contribution >= 0.6 is 0 Å². The standard InChI is InChI=1S/C15H23N3O/c1-4-19-13-7-5-6-12(9-13)10-17-15(16-3)18-14-8-11(14)2/h5-7,9,11,14H,4,8,10H2,1-3H3,(H2,16,17,18). The molecule has 1 aromatic rings. The highest BCUT2D eigenvalue weighted by atomic mass is 16.5. The minimum absolute atomic E-state index is 0.584. The van der Waals surface area contributed by atoms with Crippen molar-refractivity contribution in [1.82, 2.24) is 10.6 Å². The monoisotopic (exact) mass is 261 g/mol. The van der Waals surface area contributed by atoms with E-state index >= 15 is 0 Å². The predicted molar refractivity (Wildman–Crippen MR) is 78.5 cm³/mol. The SMILES string of the molecule is CCOc1cccc(CNC(=NC)NC2CC2C)c1. The first kappa shape index (κ1) is 13.7. The molecule has 1 fully saturated rings. The Morgan fingerprint density at radius 3 is 2.89 bits per heavy atom. The smallest absolute Gasteiger partial charge is 0.191 e. The Labute approximate surface area is 115 Å². The third kappa shape index (κ3) is 4.16. The summed E-state index contributed by atoms with van der Waals surface area (Å²) in [4.78, 5) is 4.24. The van der Waals surface area contributed by atoms with Crippen LogP contribution in [0.15, 0.2) is 29.3 Å². The summed E-state index contributed by atoms with van der Waals surface area (Å²) in [5.74, 6) is 2.55. The molecule has 0 bridgehead atoms. The van der Waals surface area contributed by atoms with Crippen LogP contribution in [0.4, 0.5) is 0 Å². The Morgan fingerprint density at radius 2 is 2.26 bits per heavy atom. The Balaban J connectivity index is 1.84. The number of benzene rings is 1. The number of rotatable bonds is 5. The molecule has 0 aromatic heterocycles. The summed E-state index contributed by atoms with van der Waals surface area (Å²) in [5, 5.41) is 6.74. The maximum absolute atomic E-state index is 5.49. The first-order valence-electron chi connectivity index (χ1n) is 6.92. The number of nitrogens with zero attached hydrogens (tertiary/aromatic N) is 1. The van der Waals surface area contributed by atoms with E-state index in [1.165, 1.54) is 12.0 Å². The molecule has 19 heavy (non-hydrogen) atoms. The third-order valence-corrected chi connectivity index (χ3v) is 3.32. The van der Waals surface area contributed by atoms with Crippen molar-refractivity contribution in [3.05, 3.63) is 29.8 Å². The van der Waals surface area contributed by atoms with Crippen LogP contribution in [0, 0.1) is 5.92 Å². The molecule has 104 valence electrons. The van der Waals surface area contributed by atoms with E-state index in [4.69, 9.17) is 4.74 Å². The van der Waals surface area contributed by atoms with Gasteiger partial charge in [0, 0.05) is 19.6 Å².